The van der Waals surface area contributed by atoms with Crippen LogP contribution in [0.15, 0.2) is 48.4 Å². The summed E-state index contributed by atoms with van der Waals surface area (Å²) in [5.41, 5.74) is 8.67. The van der Waals surface area contributed by atoms with Crippen LogP contribution in [-0.4, -0.2) is 28.3 Å². The Kier molecular flexibility index (Phi) is 6.83. The maximum Gasteiger partial charge on any atom is 0.395 e. The van der Waals surface area contributed by atoms with E-state index in [1.165, 1.54) is 6.20 Å². The van der Waals surface area contributed by atoms with Crippen LogP contribution < -0.4 is 21.6 Å². The molecule has 44 heavy (non-hydrogen) atoms. The maximum absolute atomic E-state index is 13.7. The molecule has 1 atom stereocenters. The van der Waals surface area contributed by atoms with Crippen molar-refractivity contribution < 1.29 is 13.2 Å². The van der Waals surface area contributed by atoms with Gasteiger partial charge < -0.3 is 16.1 Å². The lowest BCUT2D eigenvalue weighted by Crippen LogP contribution is -2.69. The van der Waals surface area contributed by atoms with Crippen molar-refractivity contribution in [1.29, 1.82) is 15.8 Å². The summed E-state index contributed by atoms with van der Waals surface area (Å²) in [7, 11) is 0. The normalized spacial score (nSPS) is 21.1. The van der Waals surface area contributed by atoms with Gasteiger partial charge in [-0.15, -0.1) is 5.53 Å². The van der Waals surface area contributed by atoms with Crippen molar-refractivity contribution in [3.63, 3.8) is 0 Å². The molecule has 9 nitrogen and oxygen atoms in total. The van der Waals surface area contributed by atoms with Gasteiger partial charge >= 0.3 is 6.18 Å². The maximum atomic E-state index is 13.7. The van der Waals surface area contributed by atoms with Crippen molar-refractivity contribution in [2.45, 2.75) is 57.8 Å². The summed E-state index contributed by atoms with van der Waals surface area (Å²) in [6.07, 6.45) is 2.18. The lowest BCUT2D eigenvalue weighted by Gasteiger charge is -2.64. The SMILES string of the molecule is Cc1c(C#N)cccc1[C@H](Nc1cc(C#N)c2ncc(C#N)c(NCC(C)(C)C(F)(F)F)c2c1)C1=CN(C23CC(C2)C3)NN1. The first-order chi connectivity index (χ1) is 20.9. The van der Waals surface area contributed by atoms with Gasteiger partial charge in [0.05, 0.1) is 56.7 Å². The molecule has 7 rings (SSSR count). The number of hydrogen-bond donors (Lipinski definition) is 4. The Bertz CT molecular complexity index is 1810. The molecule has 3 aromatic rings. The molecule has 224 valence electrons. The van der Waals surface area contributed by atoms with Crippen LogP contribution in [0.1, 0.15) is 67.0 Å². The van der Waals surface area contributed by atoms with Crippen LogP contribution in [0.3, 0.4) is 0 Å². The number of fused-ring (bicyclic) bond motifs is 1. The van der Waals surface area contributed by atoms with E-state index in [0.717, 1.165) is 55.9 Å². The molecule has 4 N–H and O–H groups in total. The fourth-order valence-electron chi connectivity index (χ4n) is 6.19. The molecule has 0 amide bonds. The molecule has 1 aliphatic heterocycles. The Morgan fingerprint density at radius 3 is 2.39 bits per heavy atom. The number of nitriles is 3. The van der Waals surface area contributed by atoms with Crippen LogP contribution >= 0.6 is 0 Å². The highest BCUT2D eigenvalue weighted by Gasteiger charge is 2.60. The molecule has 0 spiro atoms. The highest BCUT2D eigenvalue weighted by Crippen LogP contribution is 2.60. The number of alkyl halides is 3. The van der Waals surface area contributed by atoms with E-state index in [2.05, 4.69) is 43.7 Å². The van der Waals surface area contributed by atoms with Gasteiger partial charge in [0.15, 0.2) is 0 Å². The summed E-state index contributed by atoms with van der Waals surface area (Å²) in [6, 6.07) is 14.7. The standard InChI is InChI=1S/C32H30F3N9/c1-18-20(12-36)5-4-6-24(18)29(26-16-44(43-42-26)31-9-19(10-31)11-31)41-23-7-21(13-37)27-25(8-23)28(22(14-38)15-39-27)40-17-30(2,3)32(33,34)35/h4-8,15-16,19,29,41-43H,9-11,17H2,1-3H3,(H,39,40)/t19?,29-,31?/m0/s1. The predicted octanol–water partition coefficient (Wildman–Crippen LogP) is 6.03. The summed E-state index contributed by atoms with van der Waals surface area (Å²) >= 11 is 0. The van der Waals surface area contributed by atoms with E-state index < -0.39 is 24.2 Å². The number of nitrogens with one attached hydrogen (secondary N) is 4. The molecule has 4 aliphatic rings. The summed E-state index contributed by atoms with van der Waals surface area (Å²) in [5, 5.41) is 38.4. The third-order valence-electron chi connectivity index (χ3n) is 9.22. The zero-order valence-electron chi connectivity index (χ0n) is 24.4. The molecule has 2 heterocycles. The molecule has 1 aromatic heterocycles. The molecule has 3 saturated carbocycles. The number of benzene rings is 2. The second kappa shape index (κ2) is 10.3. The third kappa shape index (κ3) is 4.70. The van der Waals surface area contributed by atoms with Gasteiger partial charge in [0.1, 0.15) is 12.1 Å². The van der Waals surface area contributed by atoms with Crippen molar-refractivity contribution in [3.8, 4) is 18.2 Å². The number of nitrogens with zero attached hydrogens (tertiary/aromatic N) is 5. The Labute approximate surface area is 252 Å². The zero-order valence-corrected chi connectivity index (χ0v) is 24.4. The quantitative estimate of drug-likeness (QED) is 0.245. The molecule has 2 aromatic carbocycles. The van der Waals surface area contributed by atoms with E-state index in [9.17, 15) is 29.0 Å². The second-order valence-corrected chi connectivity index (χ2v) is 12.5. The van der Waals surface area contributed by atoms with Gasteiger partial charge in [0.25, 0.3) is 0 Å². The molecule has 0 unspecified atom stereocenters. The van der Waals surface area contributed by atoms with E-state index in [-0.39, 0.29) is 27.9 Å². The summed E-state index contributed by atoms with van der Waals surface area (Å²) < 4.78 is 41.0. The number of anilines is 2. The molecule has 12 heteroatoms. The number of aromatic nitrogens is 1. The molecule has 3 aliphatic carbocycles. The van der Waals surface area contributed by atoms with E-state index in [4.69, 9.17) is 0 Å². The van der Waals surface area contributed by atoms with Crippen LogP contribution in [0, 0.1) is 52.2 Å². The summed E-state index contributed by atoms with van der Waals surface area (Å²) in [6.45, 7) is 3.54. The first-order valence-electron chi connectivity index (χ1n) is 14.3. The van der Waals surface area contributed by atoms with E-state index in [0.29, 0.717) is 16.6 Å². The molecule has 0 radical (unpaired) electrons. The van der Waals surface area contributed by atoms with Crippen LogP contribution in [0.25, 0.3) is 10.9 Å². The molecular formula is C32H30F3N9. The van der Waals surface area contributed by atoms with Crippen molar-refractivity contribution in [1.82, 2.24) is 21.0 Å². The number of halogens is 3. The monoisotopic (exact) mass is 597 g/mol. The number of hydrogen-bond acceptors (Lipinski definition) is 9. The first kappa shape index (κ1) is 29.1. The predicted molar refractivity (Wildman–Crippen MR) is 158 cm³/mol. The molecular weight excluding hydrogens is 567 g/mol. The Morgan fingerprint density at radius 2 is 1.77 bits per heavy atom. The highest BCUT2D eigenvalue weighted by molar-refractivity contribution is 5.99. The molecule has 2 bridgehead atoms. The smallest absolute Gasteiger partial charge is 0.382 e. The van der Waals surface area contributed by atoms with Crippen molar-refractivity contribution in [2.24, 2.45) is 11.3 Å². The zero-order chi connectivity index (χ0) is 31.4. The van der Waals surface area contributed by atoms with E-state index in [1.807, 2.05) is 31.3 Å². The fraction of sp³-hybridized carbons (Fsp3) is 0.375. The highest BCUT2D eigenvalue weighted by atomic mass is 19.4. The van der Waals surface area contributed by atoms with Crippen LogP contribution in [0.5, 0.6) is 0 Å². The summed E-state index contributed by atoms with van der Waals surface area (Å²) in [5.74, 6) is 0.774. The average molecular weight is 598 g/mol. The van der Waals surface area contributed by atoms with Crippen LogP contribution in [0.4, 0.5) is 24.5 Å². The lowest BCUT2D eigenvalue weighted by atomic mass is 9.49. The topological polar surface area (TPSA) is 136 Å². The summed E-state index contributed by atoms with van der Waals surface area (Å²) in [4.78, 5) is 4.32. The number of rotatable bonds is 8. The number of hydrazine groups is 2. The largest absolute Gasteiger partial charge is 0.395 e. The van der Waals surface area contributed by atoms with Gasteiger partial charge in [-0.25, -0.2) is 0 Å². The Balaban J connectivity index is 1.44. The van der Waals surface area contributed by atoms with Crippen molar-refractivity contribution >= 4 is 22.3 Å². The third-order valence-corrected chi connectivity index (χ3v) is 9.22. The minimum atomic E-state index is -4.48. The van der Waals surface area contributed by atoms with Gasteiger partial charge in [-0.2, -0.15) is 29.0 Å². The number of pyridine rings is 1. The van der Waals surface area contributed by atoms with Gasteiger partial charge in [-0.1, -0.05) is 12.1 Å². The van der Waals surface area contributed by atoms with Gasteiger partial charge in [-0.05, 0) is 75.3 Å². The van der Waals surface area contributed by atoms with E-state index in [1.54, 1.807) is 18.2 Å². The molecule has 0 saturated heterocycles. The first-order valence-corrected chi connectivity index (χ1v) is 14.3. The van der Waals surface area contributed by atoms with Gasteiger partial charge in [0, 0.05) is 30.0 Å². The minimum Gasteiger partial charge on any atom is -0.382 e. The van der Waals surface area contributed by atoms with Gasteiger partial charge in [-0.3, -0.25) is 9.99 Å². The average Bonchev–Trinajstić information content (AvgIpc) is 3.41. The van der Waals surface area contributed by atoms with Crippen molar-refractivity contribution in [3.05, 3.63) is 76.2 Å². The van der Waals surface area contributed by atoms with E-state index >= 15 is 0 Å². The van der Waals surface area contributed by atoms with Gasteiger partial charge in [0.2, 0.25) is 0 Å². The Morgan fingerprint density at radius 1 is 1.07 bits per heavy atom. The van der Waals surface area contributed by atoms with Crippen LogP contribution in [0.2, 0.25) is 0 Å². The molecule has 3 fully saturated rings. The Hall–Kier alpha value is -4.99. The lowest BCUT2D eigenvalue weighted by molar-refractivity contribution is -0.206. The second-order valence-electron chi connectivity index (χ2n) is 12.5. The minimum absolute atomic E-state index is 0.0594. The van der Waals surface area contributed by atoms with Crippen LogP contribution in [-0.2, 0) is 0 Å². The fourth-order valence-corrected chi connectivity index (χ4v) is 6.19. The van der Waals surface area contributed by atoms with Crippen molar-refractivity contribution in [2.75, 3.05) is 17.2 Å².